The van der Waals surface area contributed by atoms with Crippen molar-refractivity contribution in [3.63, 3.8) is 0 Å². The number of hydrogen-bond donors (Lipinski definition) is 3. The van der Waals surface area contributed by atoms with Gasteiger partial charge in [-0.2, -0.15) is 5.10 Å². The lowest BCUT2D eigenvalue weighted by molar-refractivity contribution is -0.385. The van der Waals surface area contributed by atoms with E-state index in [0.29, 0.717) is 25.6 Å². The minimum atomic E-state index is -0.644. The molecule has 0 aliphatic carbocycles. The second-order valence-electron chi connectivity index (χ2n) is 5.80. The summed E-state index contributed by atoms with van der Waals surface area (Å²) in [6.07, 6.45) is 1.95. The third-order valence-corrected chi connectivity index (χ3v) is 5.14. The molecule has 1 unspecified atom stereocenters. The minimum Gasteiger partial charge on any atom is -0.386 e. The topological polar surface area (TPSA) is 118 Å². The van der Waals surface area contributed by atoms with Crippen molar-refractivity contribution in [1.29, 1.82) is 0 Å². The summed E-state index contributed by atoms with van der Waals surface area (Å²) in [6.45, 7) is 1.25. The Hall–Kier alpha value is -2.98. The summed E-state index contributed by atoms with van der Waals surface area (Å²) in [5, 5.41) is 32.3. The Morgan fingerprint density at radius 1 is 1.44 bits per heavy atom. The van der Waals surface area contributed by atoms with Crippen LogP contribution >= 0.6 is 11.3 Å². The first kappa shape index (κ1) is 18.8. The molecule has 0 radical (unpaired) electrons. The Kier molecular flexibility index (Phi) is 5.99. The number of nitrogens with one attached hydrogen (secondary N) is 2. The number of fused-ring (bicyclic) bond motifs is 1. The van der Waals surface area contributed by atoms with Crippen molar-refractivity contribution < 1.29 is 10.0 Å². The van der Waals surface area contributed by atoms with Gasteiger partial charge in [0.2, 0.25) is 0 Å². The highest BCUT2D eigenvalue weighted by Crippen LogP contribution is 2.29. The lowest BCUT2D eigenvalue weighted by Crippen LogP contribution is -2.40. The Bertz CT molecular complexity index is 918. The van der Waals surface area contributed by atoms with Crippen LogP contribution in [0.3, 0.4) is 0 Å². The zero-order valence-corrected chi connectivity index (χ0v) is 15.5. The molecule has 10 heteroatoms. The number of aliphatic imine (C=N–C) groups is 1. The highest BCUT2D eigenvalue weighted by Gasteiger charge is 2.12. The van der Waals surface area contributed by atoms with Crippen LogP contribution in [0.15, 0.2) is 47.7 Å². The van der Waals surface area contributed by atoms with Gasteiger partial charge in [-0.25, -0.2) is 0 Å². The van der Waals surface area contributed by atoms with Gasteiger partial charge in [-0.3, -0.25) is 19.8 Å². The number of aromatic nitrogens is 2. The Balaban J connectivity index is 1.47. The predicted octanol–water partition coefficient (Wildman–Crippen LogP) is 1.90. The zero-order valence-electron chi connectivity index (χ0n) is 14.7. The van der Waals surface area contributed by atoms with Crippen LogP contribution in [0.2, 0.25) is 0 Å². The van der Waals surface area contributed by atoms with Gasteiger partial charge in [-0.1, -0.05) is 18.2 Å². The van der Waals surface area contributed by atoms with E-state index in [1.807, 2.05) is 30.3 Å². The Morgan fingerprint density at radius 3 is 2.96 bits per heavy atom. The fourth-order valence-corrected chi connectivity index (χ4v) is 3.59. The third kappa shape index (κ3) is 4.80. The van der Waals surface area contributed by atoms with Gasteiger partial charge in [0.15, 0.2) is 5.96 Å². The molecule has 3 N–H and O–H groups in total. The highest BCUT2D eigenvalue weighted by molar-refractivity contribution is 7.19. The molecule has 27 heavy (non-hydrogen) atoms. The number of nitro groups is 1. The maximum absolute atomic E-state index is 10.7. The maximum atomic E-state index is 10.7. The molecular weight excluding hydrogens is 368 g/mol. The van der Waals surface area contributed by atoms with E-state index in [1.165, 1.54) is 17.1 Å². The monoisotopic (exact) mass is 388 g/mol. The normalized spacial score (nSPS) is 12.9. The van der Waals surface area contributed by atoms with E-state index in [0.717, 1.165) is 15.0 Å². The smallest absolute Gasteiger partial charge is 0.306 e. The van der Waals surface area contributed by atoms with Crippen LogP contribution in [0.1, 0.15) is 11.0 Å². The molecule has 9 nitrogen and oxygen atoms in total. The molecule has 3 aromatic rings. The van der Waals surface area contributed by atoms with Crippen LogP contribution in [0.5, 0.6) is 0 Å². The van der Waals surface area contributed by atoms with E-state index in [9.17, 15) is 15.2 Å². The number of aliphatic hydroxyl groups excluding tert-OH is 1. The summed E-state index contributed by atoms with van der Waals surface area (Å²) >= 11 is 1.57. The van der Waals surface area contributed by atoms with Crippen molar-refractivity contribution in [1.82, 2.24) is 20.4 Å². The third-order valence-electron chi connectivity index (χ3n) is 3.92. The van der Waals surface area contributed by atoms with Crippen LogP contribution in [0.25, 0.3) is 10.1 Å². The Morgan fingerprint density at radius 2 is 2.26 bits per heavy atom. The number of hydrogen-bond acceptors (Lipinski definition) is 6. The lowest BCUT2D eigenvalue weighted by atomic mass is 10.2. The summed E-state index contributed by atoms with van der Waals surface area (Å²) in [7, 11) is 1.64. The van der Waals surface area contributed by atoms with Crippen LogP contribution in [-0.2, 0) is 6.54 Å². The first-order chi connectivity index (χ1) is 13.1. The van der Waals surface area contributed by atoms with E-state index >= 15 is 0 Å². The summed E-state index contributed by atoms with van der Waals surface area (Å²) in [6, 6.07) is 10.0. The molecule has 142 valence electrons. The van der Waals surface area contributed by atoms with Gasteiger partial charge in [-0.15, -0.1) is 11.3 Å². The average molecular weight is 388 g/mol. The van der Waals surface area contributed by atoms with E-state index in [1.54, 1.807) is 18.4 Å². The first-order valence-corrected chi connectivity index (χ1v) is 9.16. The second kappa shape index (κ2) is 8.60. The fraction of sp³-hybridized carbons (Fsp3) is 0.294. The van der Waals surface area contributed by atoms with Gasteiger partial charge in [0.05, 0.1) is 11.5 Å². The maximum Gasteiger partial charge on any atom is 0.306 e. The highest BCUT2D eigenvalue weighted by atomic mass is 32.1. The van der Waals surface area contributed by atoms with Crippen molar-refractivity contribution in [2.45, 2.75) is 12.6 Å². The lowest BCUT2D eigenvalue weighted by Gasteiger charge is -2.14. The molecule has 0 saturated carbocycles. The number of aliphatic hydroxyl groups is 1. The number of rotatable bonds is 7. The average Bonchev–Trinajstić information content (AvgIpc) is 3.31. The molecule has 0 bridgehead atoms. The SMILES string of the molecule is CN=C(NCCn1cc([N+](=O)[O-])cn1)NCC(O)c1cc2ccccc2s1. The van der Waals surface area contributed by atoms with Gasteiger partial charge in [0.25, 0.3) is 0 Å². The molecule has 2 aromatic heterocycles. The fourth-order valence-electron chi connectivity index (χ4n) is 2.54. The van der Waals surface area contributed by atoms with Gasteiger partial charge >= 0.3 is 5.69 Å². The second-order valence-corrected chi connectivity index (χ2v) is 6.92. The molecule has 0 aliphatic rings. The first-order valence-electron chi connectivity index (χ1n) is 8.34. The molecule has 0 aliphatic heterocycles. The van der Waals surface area contributed by atoms with Gasteiger partial charge in [0, 0.05) is 29.7 Å². The van der Waals surface area contributed by atoms with E-state index < -0.39 is 11.0 Å². The molecule has 0 amide bonds. The van der Waals surface area contributed by atoms with Gasteiger partial charge in [0.1, 0.15) is 18.5 Å². The van der Waals surface area contributed by atoms with Gasteiger partial charge < -0.3 is 15.7 Å². The summed E-state index contributed by atoms with van der Waals surface area (Å²) in [5.41, 5.74) is -0.0380. The van der Waals surface area contributed by atoms with Crippen molar-refractivity contribution in [2.24, 2.45) is 4.99 Å². The molecular formula is C17H20N6O3S. The summed E-state index contributed by atoms with van der Waals surface area (Å²) < 4.78 is 2.63. The summed E-state index contributed by atoms with van der Waals surface area (Å²) in [4.78, 5) is 15.2. The zero-order chi connectivity index (χ0) is 19.2. The van der Waals surface area contributed by atoms with E-state index in [-0.39, 0.29) is 5.69 Å². The minimum absolute atomic E-state index is 0.0380. The number of nitrogens with zero attached hydrogens (tertiary/aromatic N) is 4. The molecule has 1 aromatic carbocycles. The molecule has 0 saturated heterocycles. The van der Waals surface area contributed by atoms with Gasteiger partial charge in [-0.05, 0) is 17.5 Å². The molecule has 0 fully saturated rings. The van der Waals surface area contributed by atoms with E-state index in [2.05, 4.69) is 20.7 Å². The van der Waals surface area contributed by atoms with Crippen LogP contribution in [0, 0.1) is 10.1 Å². The van der Waals surface area contributed by atoms with Crippen molar-refractivity contribution in [3.05, 3.63) is 57.7 Å². The quantitative estimate of drug-likeness (QED) is 0.246. The predicted molar refractivity (Wildman–Crippen MR) is 105 cm³/mol. The standard InChI is InChI=1S/C17H20N6O3S/c1-18-17(19-6-7-22-11-13(9-21-22)23(25)26)20-10-14(24)16-8-12-4-2-3-5-15(12)27-16/h2-5,8-9,11,14,24H,6-7,10H2,1H3,(H2,18,19,20). The molecule has 3 rings (SSSR count). The van der Waals surface area contributed by atoms with Crippen LogP contribution in [0.4, 0.5) is 5.69 Å². The molecule has 2 heterocycles. The van der Waals surface area contributed by atoms with Crippen molar-refractivity contribution >= 4 is 33.1 Å². The molecule has 0 spiro atoms. The van der Waals surface area contributed by atoms with Crippen molar-refractivity contribution in [3.8, 4) is 0 Å². The van der Waals surface area contributed by atoms with Crippen LogP contribution in [-0.4, -0.2) is 45.9 Å². The number of benzene rings is 1. The van der Waals surface area contributed by atoms with Crippen LogP contribution < -0.4 is 10.6 Å². The number of guanidine groups is 1. The largest absolute Gasteiger partial charge is 0.386 e. The summed E-state index contributed by atoms with van der Waals surface area (Å²) in [5.74, 6) is 0.539. The molecule has 1 atom stereocenters. The van der Waals surface area contributed by atoms with Crippen molar-refractivity contribution in [2.75, 3.05) is 20.1 Å². The Labute approximate surface area is 159 Å². The van der Waals surface area contributed by atoms with E-state index in [4.69, 9.17) is 0 Å². The number of thiophene rings is 1.